The molecule has 0 saturated heterocycles. The lowest BCUT2D eigenvalue weighted by atomic mass is 10.2. The molecule has 2 N–H and O–H groups in total. The zero-order valence-electron chi connectivity index (χ0n) is 10.5. The van der Waals surface area contributed by atoms with E-state index in [1.54, 1.807) is 13.0 Å². The van der Waals surface area contributed by atoms with E-state index in [1.165, 1.54) is 6.08 Å². The van der Waals surface area contributed by atoms with Gasteiger partial charge in [-0.05, 0) is 20.3 Å². The van der Waals surface area contributed by atoms with Gasteiger partial charge in [0.15, 0.2) is 0 Å². The van der Waals surface area contributed by atoms with Crippen molar-refractivity contribution in [2.45, 2.75) is 26.3 Å². The molecule has 98 valence electrons. The maximum Gasteiger partial charge on any atom is 0.326 e. The molecule has 0 bridgehead atoms. The van der Waals surface area contributed by atoms with Gasteiger partial charge in [-0.2, -0.15) is 4.98 Å². The Morgan fingerprint density at radius 1 is 1.67 bits per heavy atom. The van der Waals surface area contributed by atoms with E-state index in [2.05, 4.69) is 21.9 Å². The summed E-state index contributed by atoms with van der Waals surface area (Å²) in [5, 5.41) is 11.8. The second-order valence-corrected chi connectivity index (χ2v) is 3.66. The molecule has 0 amide bonds. The molecule has 0 saturated carbocycles. The second-order valence-electron chi connectivity index (χ2n) is 3.66. The molecule has 1 aromatic rings. The number of carboxylic acid groups (broad SMARTS) is 1. The normalized spacial score (nSPS) is 11.7. The van der Waals surface area contributed by atoms with Crippen molar-refractivity contribution in [3.05, 3.63) is 24.4 Å². The minimum absolute atomic E-state index is 0.243. The summed E-state index contributed by atoms with van der Waals surface area (Å²) in [4.78, 5) is 19.2. The van der Waals surface area contributed by atoms with Gasteiger partial charge in [0.05, 0.1) is 6.61 Å². The maximum absolute atomic E-state index is 11.0. The summed E-state index contributed by atoms with van der Waals surface area (Å²) in [5.74, 6) is -0.305. The van der Waals surface area contributed by atoms with Crippen molar-refractivity contribution in [2.24, 2.45) is 0 Å². The third kappa shape index (κ3) is 4.04. The summed E-state index contributed by atoms with van der Waals surface area (Å²) in [7, 11) is 0. The van der Waals surface area contributed by atoms with Crippen LogP contribution in [0.2, 0.25) is 0 Å². The number of carbonyl (C=O) groups is 1. The number of nitrogens with one attached hydrogen (secondary N) is 1. The van der Waals surface area contributed by atoms with Gasteiger partial charge >= 0.3 is 5.97 Å². The molecule has 0 radical (unpaired) electrons. The Balaban J connectivity index is 2.87. The molecule has 0 fully saturated rings. The molecule has 18 heavy (non-hydrogen) atoms. The minimum Gasteiger partial charge on any atom is -0.480 e. The molecule has 0 aliphatic rings. The van der Waals surface area contributed by atoms with Crippen LogP contribution in [0.4, 0.5) is 5.95 Å². The number of aliphatic carboxylic acids is 1. The smallest absolute Gasteiger partial charge is 0.326 e. The van der Waals surface area contributed by atoms with E-state index in [9.17, 15) is 4.79 Å². The Bertz CT molecular complexity index is 435. The van der Waals surface area contributed by atoms with Crippen LogP contribution in [0.1, 0.15) is 19.0 Å². The van der Waals surface area contributed by atoms with E-state index >= 15 is 0 Å². The molecule has 0 aromatic carbocycles. The fourth-order valence-electron chi connectivity index (χ4n) is 1.37. The molecule has 1 atom stereocenters. The van der Waals surface area contributed by atoms with Crippen LogP contribution in [0.3, 0.4) is 0 Å². The predicted octanol–water partition coefficient (Wildman–Crippen LogP) is 1.62. The van der Waals surface area contributed by atoms with Gasteiger partial charge in [0.2, 0.25) is 11.8 Å². The number of anilines is 1. The highest BCUT2D eigenvalue weighted by atomic mass is 16.5. The summed E-state index contributed by atoms with van der Waals surface area (Å²) in [6.45, 7) is 7.65. The minimum atomic E-state index is -0.974. The average molecular weight is 251 g/mol. The standard InChI is InChI=1S/C12H17N3O3/c1-4-6-9(11(16)17)14-12-13-8(3)7-10(15-12)18-5-2/h4,7,9H,1,5-6H2,2-3H3,(H,16,17)(H,13,14,15). The van der Waals surface area contributed by atoms with Crippen molar-refractivity contribution < 1.29 is 14.6 Å². The maximum atomic E-state index is 11.0. The van der Waals surface area contributed by atoms with Gasteiger partial charge in [0.25, 0.3) is 0 Å². The first-order valence-corrected chi connectivity index (χ1v) is 5.65. The zero-order valence-corrected chi connectivity index (χ0v) is 10.5. The first-order chi connectivity index (χ1) is 8.56. The SMILES string of the molecule is C=CCC(Nc1nc(C)cc(OCC)n1)C(=O)O. The largest absolute Gasteiger partial charge is 0.480 e. The molecular formula is C12H17N3O3. The summed E-state index contributed by atoms with van der Waals surface area (Å²) in [6, 6.07) is 0.900. The molecule has 1 unspecified atom stereocenters. The quantitative estimate of drug-likeness (QED) is 0.716. The van der Waals surface area contributed by atoms with Crippen molar-refractivity contribution in [1.82, 2.24) is 9.97 Å². The lowest BCUT2D eigenvalue weighted by molar-refractivity contribution is -0.137. The number of ether oxygens (including phenoxy) is 1. The fourth-order valence-corrected chi connectivity index (χ4v) is 1.37. The van der Waals surface area contributed by atoms with Gasteiger partial charge in [-0.15, -0.1) is 6.58 Å². The van der Waals surface area contributed by atoms with E-state index < -0.39 is 12.0 Å². The Labute approximate surface area is 106 Å². The monoisotopic (exact) mass is 251 g/mol. The average Bonchev–Trinajstić information content (AvgIpc) is 2.28. The first-order valence-electron chi connectivity index (χ1n) is 5.65. The Morgan fingerprint density at radius 3 is 2.94 bits per heavy atom. The Morgan fingerprint density at radius 2 is 2.39 bits per heavy atom. The van der Waals surface area contributed by atoms with Gasteiger partial charge in [0, 0.05) is 11.8 Å². The molecule has 6 heteroatoms. The topological polar surface area (TPSA) is 84.3 Å². The van der Waals surface area contributed by atoms with Crippen LogP contribution in [0.5, 0.6) is 5.88 Å². The molecular weight excluding hydrogens is 234 g/mol. The van der Waals surface area contributed by atoms with Gasteiger partial charge < -0.3 is 15.2 Å². The molecule has 1 aromatic heterocycles. The Hall–Kier alpha value is -2.11. The molecule has 1 heterocycles. The number of hydrogen-bond donors (Lipinski definition) is 2. The Kier molecular flexibility index (Phi) is 5.10. The van der Waals surface area contributed by atoms with Crippen LogP contribution in [0.15, 0.2) is 18.7 Å². The van der Waals surface area contributed by atoms with Crippen LogP contribution in [-0.4, -0.2) is 33.7 Å². The zero-order chi connectivity index (χ0) is 13.5. The second kappa shape index (κ2) is 6.58. The van der Waals surface area contributed by atoms with Gasteiger partial charge in [-0.3, -0.25) is 0 Å². The van der Waals surface area contributed by atoms with Gasteiger partial charge in [-0.1, -0.05) is 6.08 Å². The predicted molar refractivity (Wildman–Crippen MR) is 67.8 cm³/mol. The van der Waals surface area contributed by atoms with Crippen LogP contribution < -0.4 is 10.1 Å². The van der Waals surface area contributed by atoms with Crippen molar-refractivity contribution in [2.75, 3.05) is 11.9 Å². The molecule has 0 spiro atoms. The molecule has 0 aliphatic heterocycles. The molecule has 1 rings (SSSR count). The van der Waals surface area contributed by atoms with Crippen molar-refractivity contribution in [1.29, 1.82) is 0 Å². The van der Waals surface area contributed by atoms with Crippen molar-refractivity contribution in [3.8, 4) is 5.88 Å². The van der Waals surface area contributed by atoms with Gasteiger partial charge in [-0.25, -0.2) is 9.78 Å². The van der Waals surface area contributed by atoms with E-state index in [0.717, 1.165) is 0 Å². The van der Waals surface area contributed by atoms with E-state index in [0.29, 0.717) is 18.2 Å². The highest BCUT2D eigenvalue weighted by Crippen LogP contribution is 2.13. The number of carboxylic acids is 1. The van der Waals surface area contributed by atoms with E-state index in [1.807, 2.05) is 6.92 Å². The van der Waals surface area contributed by atoms with E-state index in [4.69, 9.17) is 9.84 Å². The first kappa shape index (κ1) is 14.0. The lowest BCUT2D eigenvalue weighted by Crippen LogP contribution is -2.29. The number of nitrogens with zero attached hydrogens (tertiary/aromatic N) is 2. The number of rotatable bonds is 7. The highest BCUT2D eigenvalue weighted by Gasteiger charge is 2.17. The fraction of sp³-hybridized carbons (Fsp3) is 0.417. The van der Waals surface area contributed by atoms with Crippen LogP contribution in [-0.2, 0) is 4.79 Å². The lowest BCUT2D eigenvalue weighted by Gasteiger charge is -2.13. The van der Waals surface area contributed by atoms with Crippen molar-refractivity contribution in [3.63, 3.8) is 0 Å². The summed E-state index contributed by atoms with van der Waals surface area (Å²) in [6.07, 6.45) is 1.82. The van der Waals surface area contributed by atoms with Crippen molar-refractivity contribution >= 4 is 11.9 Å². The van der Waals surface area contributed by atoms with E-state index in [-0.39, 0.29) is 12.4 Å². The summed E-state index contributed by atoms with van der Waals surface area (Å²) >= 11 is 0. The summed E-state index contributed by atoms with van der Waals surface area (Å²) in [5.41, 5.74) is 0.707. The highest BCUT2D eigenvalue weighted by molar-refractivity contribution is 5.76. The molecule has 0 aliphatic carbocycles. The third-order valence-corrected chi connectivity index (χ3v) is 2.13. The molecule has 6 nitrogen and oxygen atoms in total. The van der Waals surface area contributed by atoms with Gasteiger partial charge in [0.1, 0.15) is 6.04 Å². The number of hydrogen-bond acceptors (Lipinski definition) is 5. The number of aromatic nitrogens is 2. The van der Waals surface area contributed by atoms with Crippen LogP contribution in [0, 0.1) is 6.92 Å². The van der Waals surface area contributed by atoms with Crippen LogP contribution >= 0.6 is 0 Å². The number of aryl methyl sites for hydroxylation is 1. The van der Waals surface area contributed by atoms with Crippen LogP contribution in [0.25, 0.3) is 0 Å². The third-order valence-electron chi connectivity index (χ3n) is 2.13. The summed E-state index contributed by atoms with van der Waals surface area (Å²) < 4.78 is 5.27.